The number of carboxylic acid groups (broad SMARTS) is 2. The summed E-state index contributed by atoms with van der Waals surface area (Å²) in [6.45, 7) is 2.75. The number of carbonyl (C=O) groups is 4. The SMILES string of the molecule is C[C@@H](O)[C@H](N/C=C1\C(=O)C=Cc2ccccc21)C(=O)O.C[C@@H](O)[C@H](N/C=C1\C(=O)C=Cc2ccccc21)C(=O)O.[O]=[V][O][V]=[O]. The molecule has 0 aromatic heterocycles. The summed E-state index contributed by atoms with van der Waals surface area (Å²) in [5.41, 5.74) is 4.03. The van der Waals surface area contributed by atoms with Crippen LogP contribution in [-0.2, 0) is 62.3 Å². The number of nitrogens with one attached hydrogen (secondary N) is 2. The van der Waals surface area contributed by atoms with E-state index < -0.39 is 69.4 Å². The summed E-state index contributed by atoms with van der Waals surface area (Å²) >= 11 is -2.61. The second kappa shape index (κ2) is 18.7. The Balaban J connectivity index is 0.000000273. The van der Waals surface area contributed by atoms with E-state index in [2.05, 4.69) is 13.2 Å². The minimum atomic E-state index is -1.30. The van der Waals surface area contributed by atoms with Crippen LogP contribution in [0.25, 0.3) is 23.3 Å². The zero-order chi connectivity index (χ0) is 33.5. The number of rotatable bonds is 10. The van der Waals surface area contributed by atoms with Gasteiger partial charge in [-0.25, -0.2) is 9.59 Å². The molecule has 13 nitrogen and oxygen atoms in total. The minimum absolute atomic E-state index is 0.203. The van der Waals surface area contributed by atoms with Crippen molar-refractivity contribution in [2.45, 2.75) is 38.1 Å². The molecular formula is C30H30N2O11V2. The van der Waals surface area contributed by atoms with Gasteiger partial charge in [0.2, 0.25) is 0 Å². The van der Waals surface area contributed by atoms with Crippen LogP contribution in [0.4, 0.5) is 0 Å². The maximum absolute atomic E-state index is 11.9. The molecule has 0 aliphatic heterocycles. The van der Waals surface area contributed by atoms with Gasteiger partial charge in [0.05, 0.1) is 12.2 Å². The van der Waals surface area contributed by atoms with E-state index in [9.17, 15) is 36.7 Å². The van der Waals surface area contributed by atoms with Crippen LogP contribution in [0.2, 0.25) is 0 Å². The van der Waals surface area contributed by atoms with Crippen LogP contribution in [0.3, 0.4) is 0 Å². The molecular weight excluding hydrogens is 666 g/mol. The Labute approximate surface area is 272 Å². The molecule has 15 heteroatoms. The molecule has 0 saturated heterocycles. The van der Waals surface area contributed by atoms with Crippen molar-refractivity contribution in [2.24, 2.45) is 0 Å². The summed E-state index contributed by atoms with van der Waals surface area (Å²) in [6.07, 6.45) is 6.88. The second-order valence-electron chi connectivity index (χ2n) is 9.36. The fourth-order valence-electron chi connectivity index (χ4n) is 4.04. The van der Waals surface area contributed by atoms with Crippen molar-refractivity contribution < 1.29 is 82.7 Å². The molecule has 2 aromatic rings. The van der Waals surface area contributed by atoms with E-state index in [0.717, 1.165) is 22.3 Å². The van der Waals surface area contributed by atoms with E-state index in [4.69, 9.17) is 10.2 Å². The average molecular weight is 696 g/mol. The quantitative estimate of drug-likeness (QED) is 0.196. The molecule has 2 aromatic carbocycles. The summed E-state index contributed by atoms with van der Waals surface area (Å²) in [5.74, 6) is -2.76. The van der Waals surface area contributed by atoms with Crippen LogP contribution in [0.1, 0.15) is 36.1 Å². The number of carboxylic acids is 2. The molecule has 0 bridgehead atoms. The van der Waals surface area contributed by atoms with Crippen LogP contribution >= 0.6 is 0 Å². The van der Waals surface area contributed by atoms with Crippen LogP contribution < -0.4 is 10.6 Å². The Morgan fingerprint density at radius 1 is 0.689 bits per heavy atom. The Hall–Kier alpha value is -4.07. The first-order valence-corrected chi connectivity index (χ1v) is 15.4. The summed E-state index contributed by atoms with van der Waals surface area (Å²) < 4.78 is 22.4. The van der Waals surface area contributed by atoms with E-state index in [1.165, 1.54) is 38.4 Å². The van der Waals surface area contributed by atoms with Crippen LogP contribution in [-0.4, -0.2) is 68.2 Å². The molecule has 2 aliphatic carbocycles. The summed E-state index contributed by atoms with van der Waals surface area (Å²) in [5, 5.41) is 42.0. The van der Waals surface area contributed by atoms with Gasteiger partial charge in [0, 0.05) is 23.5 Å². The number of carbonyl (C=O) groups excluding carboxylic acids is 2. The maximum atomic E-state index is 11.9. The number of fused-ring (bicyclic) bond motifs is 2. The van der Waals surface area contributed by atoms with Gasteiger partial charge in [-0.2, -0.15) is 0 Å². The van der Waals surface area contributed by atoms with Crippen LogP contribution in [0.15, 0.2) is 73.1 Å². The predicted molar refractivity (Wildman–Crippen MR) is 152 cm³/mol. The molecule has 0 unspecified atom stereocenters. The second-order valence-corrected chi connectivity index (χ2v) is 11.1. The zero-order valence-electron chi connectivity index (χ0n) is 23.9. The molecule has 45 heavy (non-hydrogen) atoms. The topological polar surface area (TPSA) is 217 Å². The summed E-state index contributed by atoms with van der Waals surface area (Å²) in [6, 6.07) is 12.3. The van der Waals surface area contributed by atoms with Crippen molar-refractivity contribution in [2.75, 3.05) is 0 Å². The monoisotopic (exact) mass is 696 g/mol. The first kappa shape index (κ1) is 37.1. The number of aliphatic carboxylic acids is 2. The van der Waals surface area contributed by atoms with Gasteiger partial charge in [0.25, 0.3) is 0 Å². The molecule has 0 radical (unpaired) electrons. The number of benzene rings is 2. The van der Waals surface area contributed by atoms with Crippen LogP contribution in [0.5, 0.6) is 0 Å². The molecule has 0 spiro atoms. The van der Waals surface area contributed by atoms with Crippen molar-refractivity contribution in [1.29, 1.82) is 0 Å². The molecule has 0 saturated carbocycles. The number of aliphatic hydroxyl groups is 2. The van der Waals surface area contributed by atoms with Gasteiger partial charge in [-0.05, 0) is 48.3 Å². The molecule has 2 aliphatic rings. The zero-order valence-corrected chi connectivity index (χ0v) is 26.7. The first-order chi connectivity index (χ1) is 21.4. The summed E-state index contributed by atoms with van der Waals surface area (Å²) in [7, 11) is 0. The Morgan fingerprint density at radius 2 is 1.04 bits per heavy atom. The third-order valence-corrected chi connectivity index (χ3v) is 7.31. The van der Waals surface area contributed by atoms with E-state index in [1.54, 1.807) is 24.3 Å². The van der Waals surface area contributed by atoms with Gasteiger partial charge in [-0.15, -0.1) is 0 Å². The fraction of sp³-hybridized carbons (Fsp3) is 0.200. The molecule has 0 fully saturated rings. The average Bonchev–Trinajstić information content (AvgIpc) is 2.99. The van der Waals surface area contributed by atoms with E-state index >= 15 is 0 Å². The summed E-state index contributed by atoms with van der Waals surface area (Å²) in [4.78, 5) is 45.8. The predicted octanol–water partition coefficient (Wildman–Crippen LogP) is 1.78. The third kappa shape index (κ3) is 11.1. The third-order valence-electron chi connectivity index (χ3n) is 6.24. The van der Waals surface area contributed by atoms with Gasteiger partial charge in [-0.1, -0.05) is 60.7 Å². The normalized spacial score (nSPS) is 17.2. The fourth-order valence-corrected chi connectivity index (χ4v) is 4.26. The molecule has 4 atom stereocenters. The van der Waals surface area contributed by atoms with Gasteiger partial charge >= 0.3 is 55.0 Å². The number of allylic oxidation sites excluding steroid dienone is 4. The molecule has 4 rings (SSSR count). The number of aliphatic hydroxyl groups excluding tert-OH is 2. The molecule has 6 N–H and O–H groups in total. The van der Waals surface area contributed by atoms with Crippen molar-refractivity contribution in [3.63, 3.8) is 0 Å². The van der Waals surface area contributed by atoms with Crippen molar-refractivity contribution in [3.8, 4) is 0 Å². The van der Waals surface area contributed by atoms with Crippen molar-refractivity contribution >= 4 is 46.8 Å². The molecule has 236 valence electrons. The Kier molecular flexibility index (Phi) is 15.4. The van der Waals surface area contributed by atoms with Gasteiger partial charge in [0.15, 0.2) is 11.6 Å². The number of hydrogen-bond acceptors (Lipinski definition) is 11. The van der Waals surface area contributed by atoms with Crippen molar-refractivity contribution in [1.82, 2.24) is 10.6 Å². The molecule has 0 heterocycles. The number of hydrogen-bond donors (Lipinski definition) is 6. The number of ketones is 2. The molecule has 0 amide bonds. The van der Waals surface area contributed by atoms with E-state index in [1.807, 2.05) is 36.4 Å². The van der Waals surface area contributed by atoms with Gasteiger partial charge < -0.3 is 31.1 Å². The first-order valence-electron chi connectivity index (χ1n) is 13.1. The van der Waals surface area contributed by atoms with Gasteiger partial charge in [-0.3, -0.25) is 9.59 Å². The standard InChI is InChI=1S/2C15H15NO4.3O.2V/c2*1-9(17)14(15(19)20)16-8-12-11-5-3-2-4-10(11)6-7-13(12)18;;;;;/h2*2-9,14,16-17H,1H3,(H,19,20);;;;;/b2*12-8-;;;;;/t2*9-,14+;;;;;/m11...../s1. The van der Waals surface area contributed by atoms with E-state index in [0.29, 0.717) is 11.1 Å². The van der Waals surface area contributed by atoms with Gasteiger partial charge in [0.1, 0.15) is 12.1 Å². The van der Waals surface area contributed by atoms with Crippen molar-refractivity contribution in [3.05, 3.63) is 95.3 Å². The Bertz CT molecular complexity index is 1430. The van der Waals surface area contributed by atoms with E-state index in [-0.39, 0.29) is 11.6 Å². The van der Waals surface area contributed by atoms with Crippen LogP contribution in [0, 0.1) is 0 Å². The Morgan fingerprint density at radius 3 is 1.33 bits per heavy atom.